The Bertz CT molecular complexity index is 495. The molecular weight excluding hydrogens is 263 g/mol. The Morgan fingerprint density at radius 3 is 2.94 bits per heavy atom. The molecule has 1 aromatic rings. The molecule has 0 aromatic heterocycles. The largest absolute Gasteiger partial charge is 0.484 e. The van der Waals surface area contributed by atoms with E-state index in [4.69, 9.17) is 16.3 Å². The molecule has 7 heteroatoms. The molecule has 0 aliphatic carbocycles. The van der Waals surface area contributed by atoms with Gasteiger partial charge in [0, 0.05) is 19.2 Å². The molecule has 0 radical (unpaired) electrons. The van der Waals surface area contributed by atoms with E-state index in [1.165, 1.54) is 12.1 Å². The van der Waals surface area contributed by atoms with Crippen LogP contribution in [0.25, 0.3) is 0 Å². The lowest BCUT2D eigenvalue weighted by atomic mass is 10.3. The van der Waals surface area contributed by atoms with Crippen LogP contribution < -0.4 is 10.1 Å². The quantitative estimate of drug-likeness (QED) is 0.905. The maximum Gasteiger partial charge on any atom is 0.324 e. The molecule has 0 spiro atoms. The van der Waals surface area contributed by atoms with Crippen LogP contribution in [0.2, 0.25) is 5.02 Å². The number of imide groups is 1. The number of nitrogens with one attached hydrogen (secondary N) is 1. The summed E-state index contributed by atoms with van der Waals surface area (Å²) in [6.45, 7) is 0.466. The van der Waals surface area contributed by atoms with Gasteiger partial charge in [-0.15, -0.1) is 0 Å². The molecule has 1 aliphatic rings. The second-order valence-electron chi connectivity index (χ2n) is 3.64. The molecule has 0 bridgehead atoms. The number of urea groups is 1. The zero-order valence-corrected chi connectivity index (χ0v) is 10.0. The van der Waals surface area contributed by atoms with Crippen LogP contribution in [0.15, 0.2) is 18.2 Å². The zero-order valence-electron chi connectivity index (χ0n) is 9.28. The number of ether oxygens (including phenoxy) is 1. The van der Waals surface area contributed by atoms with Gasteiger partial charge in [-0.3, -0.25) is 9.69 Å². The van der Waals surface area contributed by atoms with E-state index in [1.807, 2.05) is 0 Å². The van der Waals surface area contributed by atoms with Crippen LogP contribution in [0.5, 0.6) is 5.75 Å². The Labute approximate surface area is 107 Å². The first-order valence-corrected chi connectivity index (χ1v) is 5.62. The van der Waals surface area contributed by atoms with Crippen molar-refractivity contribution in [1.82, 2.24) is 10.2 Å². The highest BCUT2D eigenvalue weighted by Gasteiger charge is 2.26. The van der Waals surface area contributed by atoms with Crippen molar-refractivity contribution in [3.63, 3.8) is 0 Å². The molecule has 1 aliphatic heterocycles. The molecule has 5 nitrogen and oxygen atoms in total. The predicted molar refractivity (Wildman–Crippen MR) is 62.0 cm³/mol. The van der Waals surface area contributed by atoms with E-state index in [0.717, 1.165) is 11.0 Å². The highest BCUT2D eigenvalue weighted by molar-refractivity contribution is 6.30. The van der Waals surface area contributed by atoms with Gasteiger partial charge >= 0.3 is 6.03 Å². The van der Waals surface area contributed by atoms with Gasteiger partial charge in [0.15, 0.2) is 6.61 Å². The average molecular weight is 273 g/mol. The lowest BCUT2D eigenvalue weighted by Crippen LogP contribution is -2.37. The van der Waals surface area contributed by atoms with Crippen LogP contribution in [-0.2, 0) is 4.79 Å². The Morgan fingerprint density at radius 1 is 1.56 bits per heavy atom. The van der Waals surface area contributed by atoms with Crippen molar-refractivity contribution < 1.29 is 18.7 Å². The Balaban J connectivity index is 1.93. The van der Waals surface area contributed by atoms with Gasteiger partial charge in [-0.2, -0.15) is 0 Å². The minimum absolute atomic E-state index is 0.0844. The average Bonchev–Trinajstić information content (AvgIpc) is 2.77. The van der Waals surface area contributed by atoms with Gasteiger partial charge in [-0.25, -0.2) is 9.18 Å². The minimum atomic E-state index is -0.561. The zero-order chi connectivity index (χ0) is 13.1. The lowest BCUT2D eigenvalue weighted by molar-refractivity contribution is -0.129. The van der Waals surface area contributed by atoms with Gasteiger partial charge in [0.2, 0.25) is 0 Å². The van der Waals surface area contributed by atoms with Gasteiger partial charge in [0.05, 0.1) is 5.02 Å². The maximum absolute atomic E-state index is 12.9. The molecule has 2 rings (SSSR count). The van der Waals surface area contributed by atoms with Crippen molar-refractivity contribution in [1.29, 1.82) is 0 Å². The monoisotopic (exact) mass is 272 g/mol. The van der Waals surface area contributed by atoms with Crippen LogP contribution in [0.1, 0.15) is 0 Å². The van der Waals surface area contributed by atoms with E-state index in [2.05, 4.69) is 5.32 Å². The topological polar surface area (TPSA) is 58.6 Å². The molecule has 0 saturated carbocycles. The first-order valence-electron chi connectivity index (χ1n) is 5.24. The van der Waals surface area contributed by atoms with Crippen LogP contribution in [0, 0.1) is 5.82 Å². The first kappa shape index (κ1) is 12.6. The number of nitrogens with zero attached hydrogens (tertiary/aromatic N) is 1. The van der Waals surface area contributed by atoms with E-state index in [-0.39, 0.29) is 17.4 Å². The molecule has 1 heterocycles. The summed E-state index contributed by atoms with van der Waals surface area (Å²) in [7, 11) is 0. The summed E-state index contributed by atoms with van der Waals surface area (Å²) >= 11 is 5.56. The predicted octanol–water partition coefficient (Wildman–Crippen LogP) is 1.41. The summed E-state index contributed by atoms with van der Waals surface area (Å²) in [5, 5.41) is 2.42. The van der Waals surface area contributed by atoms with Crippen molar-refractivity contribution >= 4 is 23.5 Å². The van der Waals surface area contributed by atoms with Crippen LogP contribution in [-0.4, -0.2) is 36.5 Å². The van der Waals surface area contributed by atoms with E-state index in [9.17, 15) is 14.0 Å². The molecule has 1 aromatic carbocycles. The molecule has 1 N–H and O–H groups in total. The standard InChI is InChI=1S/C11H10ClFN2O3/c12-8-5-7(1-2-9(8)13)18-6-10(16)15-4-3-14-11(15)17/h1-2,5H,3-4,6H2,(H,14,17). The summed E-state index contributed by atoms with van der Waals surface area (Å²) in [4.78, 5) is 23.9. The molecule has 3 amide bonds. The van der Waals surface area contributed by atoms with Crippen molar-refractivity contribution in [3.05, 3.63) is 29.0 Å². The van der Waals surface area contributed by atoms with Gasteiger partial charge in [0.25, 0.3) is 5.91 Å². The van der Waals surface area contributed by atoms with Gasteiger partial charge < -0.3 is 10.1 Å². The van der Waals surface area contributed by atoms with Crippen molar-refractivity contribution in [2.45, 2.75) is 0 Å². The number of rotatable bonds is 3. The SMILES string of the molecule is O=C(COc1ccc(F)c(Cl)c1)N1CCNC1=O. The third-order valence-corrected chi connectivity index (χ3v) is 2.70. The Kier molecular flexibility index (Phi) is 3.66. The fraction of sp³-hybridized carbons (Fsp3) is 0.273. The highest BCUT2D eigenvalue weighted by atomic mass is 35.5. The van der Waals surface area contributed by atoms with E-state index in [0.29, 0.717) is 13.1 Å². The number of hydrogen-bond donors (Lipinski definition) is 1. The molecule has 0 unspecified atom stereocenters. The smallest absolute Gasteiger partial charge is 0.324 e. The second-order valence-corrected chi connectivity index (χ2v) is 4.05. The third-order valence-electron chi connectivity index (χ3n) is 2.41. The van der Waals surface area contributed by atoms with Crippen LogP contribution >= 0.6 is 11.6 Å². The molecule has 96 valence electrons. The number of amides is 3. The number of hydrogen-bond acceptors (Lipinski definition) is 3. The van der Waals surface area contributed by atoms with Crippen LogP contribution in [0.3, 0.4) is 0 Å². The maximum atomic E-state index is 12.9. The fourth-order valence-corrected chi connectivity index (χ4v) is 1.67. The van der Waals surface area contributed by atoms with E-state index >= 15 is 0 Å². The van der Waals surface area contributed by atoms with E-state index in [1.54, 1.807) is 0 Å². The summed E-state index contributed by atoms with van der Waals surface area (Å²) in [6, 6.07) is 3.35. The van der Waals surface area contributed by atoms with Gasteiger partial charge in [0.1, 0.15) is 11.6 Å². The summed E-state index contributed by atoms with van der Waals surface area (Å²) in [5.41, 5.74) is 0. The van der Waals surface area contributed by atoms with Crippen molar-refractivity contribution in [3.8, 4) is 5.75 Å². The number of carbonyl (C=O) groups is 2. The summed E-state index contributed by atoms with van der Waals surface area (Å²) < 4.78 is 18.0. The Hall–Kier alpha value is -1.82. The lowest BCUT2D eigenvalue weighted by Gasteiger charge is -2.12. The molecular formula is C11H10ClFN2O3. The molecule has 0 atom stereocenters. The first-order chi connectivity index (χ1) is 8.58. The molecule has 18 heavy (non-hydrogen) atoms. The fourth-order valence-electron chi connectivity index (χ4n) is 1.50. The number of benzene rings is 1. The normalized spacial score (nSPS) is 14.6. The number of carbonyl (C=O) groups excluding carboxylic acids is 2. The molecule has 1 fully saturated rings. The van der Waals surface area contributed by atoms with Gasteiger partial charge in [-0.05, 0) is 12.1 Å². The molecule has 1 saturated heterocycles. The van der Waals surface area contributed by atoms with Gasteiger partial charge in [-0.1, -0.05) is 11.6 Å². The van der Waals surface area contributed by atoms with Crippen LogP contribution in [0.4, 0.5) is 9.18 Å². The summed E-state index contributed by atoms with van der Waals surface area (Å²) in [6.07, 6.45) is 0. The summed E-state index contributed by atoms with van der Waals surface area (Å²) in [5.74, 6) is -0.742. The Morgan fingerprint density at radius 2 is 2.33 bits per heavy atom. The van der Waals surface area contributed by atoms with Crippen molar-refractivity contribution in [2.75, 3.05) is 19.7 Å². The minimum Gasteiger partial charge on any atom is -0.484 e. The van der Waals surface area contributed by atoms with Crippen molar-refractivity contribution in [2.24, 2.45) is 0 Å². The second kappa shape index (κ2) is 5.22. The highest BCUT2D eigenvalue weighted by Crippen LogP contribution is 2.21. The van der Waals surface area contributed by atoms with E-state index < -0.39 is 17.8 Å². The number of halogens is 2. The third kappa shape index (κ3) is 2.70.